The van der Waals surface area contributed by atoms with Crippen molar-refractivity contribution in [2.75, 3.05) is 13.2 Å². The number of carbonyl (C=O) groups excluding carboxylic acids is 1. The van der Waals surface area contributed by atoms with E-state index in [0.29, 0.717) is 6.61 Å². The van der Waals surface area contributed by atoms with Crippen molar-refractivity contribution in [1.82, 2.24) is 4.90 Å². The largest absolute Gasteiger partial charge is 0.464 e. The minimum Gasteiger partial charge on any atom is -0.464 e. The maximum atomic E-state index is 11.6. The van der Waals surface area contributed by atoms with Gasteiger partial charge >= 0.3 is 5.97 Å². The maximum absolute atomic E-state index is 11.6. The summed E-state index contributed by atoms with van der Waals surface area (Å²) in [7, 11) is 0. The molecule has 80 valence electrons. The van der Waals surface area contributed by atoms with Crippen LogP contribution in [0, 0.1) is 0 Å². The van der Waals surface area contributed by atoms with Crippen molar-refractivity contribution in [2.24, 2.45) is 0 Å². The van der Waals surface area contributed by atoms with Crippen molar-refractivity contribution in [3.63, 3.8) is 0 Å². The number of ether oxygens (including phenoxy) is 1. The average molecular weight is 197 g/mol. The van der Waals surface area contributed by atoms with E-state index in [9.17, 15) is 4.79 Å². The number of hydrogen-bond donors (Lipinski definition) is 0. The summed E-state index contributed by atoms with van der Waals surface area (Å²) in [6.45, 7) is 9.06. The van der Waals surface area contributed by atoms with Gasteiger partial charge in [0.1, 0.15) is 6.04 Å². The van der Waals surface area contributed by atoms with Crippen LogP contribution in [0.25, 0.3) is 0 Å². The number of piperidine rings is 1. The molecule has 0 aromatic rings. The van der Waals surface area contributed by atoms with E-state index in [-0.39, 0.29) is 12.0 Å². The van der Waals surface area contributed by atoms with Gasteiger partial charge in [-0.3, -0.25) is 0 Å². The lowest BCUT2D eigenvalue weighted by atomic mass is 10.0. The highest BCUT2D eigenvalue weighted by Gasteiger charge is 2.29. The van der Waals surface area contributed by atoms with Gasteiger partial charge in [0.25, 0.3) is 0 Å². The lowest BCUT2D eigenvalue weighted by Crippen LogP contribution is -2.44. The second kappa shape index (κ2) is 5.03. The van der Waals surface area contributed by atoms with Gasteiger partial charge in [-0.15, -0.1) is 0 Å². The molecule has 14 heavy (non-hydrogen) atoms. The zero-order valence-electron chi connectivity index (χ0n) is 9.08. The van der Waals surface area contributed by atoms with Gasteiger partial charge in [0.15, 0.2) is 0 Å². The molecule has 1 atom stereocenters. The van der Waals surface area contributed by atoms with Gasteiger partial charge in [-0.25, -0.2) is 4.79 Å². The van der Waals surface area contributed by atoms with Gasteiger partial charge in [-0.05, 0) is 33.1 Å². The molecule has 0 aromatic carbocycles. The third kappa shape index (κ3) is 2.50. The predicted octanol–water partition coefficient (Wildman–Crippen LogP) is 1.94. The van der Waals surface area contributed by atoms with Crippen LogP contribution >= 0.6 is 0 Å². The van der Waals surface area contributed by atoms with Crippen molar-refractivity contribution >= 4 is 5.97 Å². The van der Waals surface area contributed by atoms with Crippen molar-refractivity contribution < 1.29 is 9.53 Å². The van der Waals surface area contributed by atoms with Crippen LogP contribution in [0.3, 0.4) is 0 Å². The van der Waals surface area contributed by atoms with Crippen molar-refractivity contribution in [1.29, 1.82) is 0 Å². The van der Waals surface area contributed by atoms with Gasteiger partial charge in [-0.2, -0.15) is 0 Å². The maximum Gasteiger partial charge on any atom is 0.328 e. The lowest BCUT2D eigenvalue weighted by molar-refractivity contribution is -0.149. The van der Waals surface area contributed by atoms with E-state index < -0.39 is 0 Å². The molecule has 1 aliphatic rings. The summed E-state index contributed by atoms with van der Waals surface area (Å²) in [5.41, 5.74) is 0.961. The highest BCUT2D eigenvalue weighted by molar-refractivity contribution is 5.76. The zero-order valence-corrected chi connectivity index (χ0v) is 9.08. The van der Waals surface area contributed by atoms with Crippen molar-refractivity contribution in [3.8, 4) is 0 Å². The monoisotopic (exact) mass is 197 g/mol. The number of hydrogen-bond acceptors (Lipinski definition) is 3. The third-order valence-electron chi connectivity index (χ3n) is 2.55. The Kier molecular flexibility index (Phi) is 3.98. The van der Waals surface area contributed by atoms with Crippen LogP contribution in [0.1, 0.15) is 33.1 Å². The summed E-state index contributed by atoms with van der Waals surface area (Å²) in [4.78, 5) is 13.7. The Hall–Kier alpha value is -0.990. The molecule has 0 radical (unpaired) electrons. The smallest absolute Gasteiger partial charge is 0.328 e. The van der Waals surface area contributed by atoms with Gasteiger partial charge in [0.2, 0.25) is 0 Å². The van der Waals surface area contributed by atoms with Crippen LogP contribution in [0.5, 0.6) is 0 Å². The molecule has 1 aliphatic heterocycles. The fourth-order valence-corrected chi connectivity index (χ4v) is 1.87. The quantitative estimate of drug-likeness (QED) is 0.647. The Balaban J connectivity index is 2.62. The summed E-state index contributed by atoms with van der Waals surface area (Å²) < 4.78 is 5.04. The molecule has 1 heterocycles. The van der Waals surface area contributed by atoms with E-state index in [1.165, 1.54) is 0 Å². The molecule has 0 spiro atoms. The van der Waals surface area contributed by atoms with Gasteiger partial charge < -0.3 is 9.64 Å². The first kappa shape index (κ1) is 11.1. The van der Waals surface area contributed by atoms with Crippen LogP contribution in [0.2, 0.25) is 0 Å². The Morgan fingerprint density at radius 2 is 2.29 bits per heavy atom. The van der Waals surface area contributed by atoms with Crippen LogP contribution < -0.4 is 0 Å². The third-order valence-corrected chi connectivity index (χ3v) is 2.55. The average Bonchev–Trinajstić information content (AvgIpc) is 2.18. The Morgan fingerprint density at radius 3 is 2.86 bits per heavy atom. The molecule has 1 fully saturated rings. The summed E-state index contributed by atoms with van der Waals surface area (Å²) in [6, 6.07) is -0.0961. The molecule has 0 amide bonds. The van der Waals surface area contributed by atoms with Crippen LogP contribution in [-0.4, -0.2) is 30.1 Å². The summed E-state index contributed by atoms with van der Waals surface area (Å²) >= 11 is 0. The predicted molar refractivity (Wildman–Crippen MR) is 55.8 cm³/mol. The molecule has 0 aromatic heterocycles. The van der Waals surface area contributed by atoms with E-state index >= 15 is 0 Å². The van der Waals surface area contributed by atoms with E-state index in [2.05, 4.69) is 11.5 Å². The van der Waals surface area contributed by atoms with E-state index in [0.717, 1.165) is 31.5 Å². The van der Waals surface area contributed by atoms with Gasteiger partial charge in [0.05, 0.1) is 6.61 Å². The minimum absolute atomic E-state index is 0.0961. The molecule has 0 N–H and O–H groups in total. The molecule has 0 saturated carbocycles. The second-order valence-electron chi connectivity index (χ2n) is 3.69. The number of likely N-dealkylation sites (tertiary alicyclic amines) is 1. The fourth-order valence-electron chi connectivity index (χ4n) is 1.87. The molecule has 3 nitrogen and oxygen atoms in total. The van der Waals surface area contributed by atoms with E-state index in [1.54, 1.807) is 0 Å². The molecule has 0 bridgehead atoms. The first-order valence-electron chi connectivity index (χ1n) is 5.25. The highest BCUT2D eigenvalue weighted by Crippen LogP contribution is 2.21. The molecule has 0 aliphatic carbocycles. The van der Waals surface area contributed by atoms with E-state index in [4.69, 9.17) is 4.74 Å². The molecule has 1 rings (SSSR count). The second-order valence-corrected chi connectivity index (χ2v) is 3.69. The van der Waals surface area contributed by atoms with Gasteiger partial charge in [-0.1, -0.05) is 6.58 Å². The number of carbonyl (C=O) groups is 1. The molecule has 1 unspecified atom stereocenters. The zero-order chi connectivity index (χ0) is 10.6. The topological polar surface area (TPSA) is 29.5 Å². The summed E-state index contributed by atoms with van der Waals surface area (Å²) in [6.07, 6.45) is 3.14. The van der Waals surface area contributed by atoms with E-state index in [1.807, 2.05) is 13.8 Å². The molecule has 3 heteroatoms. The molecule has 1 saturated heterocycles. The van der Waals surface area contributed by atoms with Crippen molar-refractivity contribution in [2.45, 2.75) is 39.2 Å². The fraction of sp³-hybridized carbons (Fsp3) is 0.727. The summed E-state index contributed by atoms with van der Waals surface area (Å²) in [5.74, 6) is -0.102. The Labute approximate surface area is 85.7 Å². The lowest BCUT2D eigenvalue weighted by Gasteiger charge is -2.35. The van der Waals surface area contributed by atoms with Gasteiger partial charge in [0, 0.05) is 12.2 Å². The standard InChI is InChI=1S/C11H19NO2/c1-4-14-11(13)10-7-5-6-8-12(10)9(2)3/h10H,2,4-8H2,1,3H3. The van der Waals surface area contributed by atoms with Crippen LogP contribution in [0.15, 0.2) is 12.3 Å². The summed E-state index contributed by atoms with van der Waals surface area (Å²) in [5, 5.41) is 0. The van der Waals surface area contributed by atoms with Crippen LogP contribution in [-0.2, 0) is 9.53 Å². The van der Waals surface area contributed by atoms with Crippen molar-refractivity contribution in [3.05, 3.63) is 12.3 Å². The highest BCUT2D eigenvalue weighted by atomic mass is 16.5. The Morgan fingerprint density at radius 1 is 1.57 bits per heavy atom. The normalized spacial score (nSPS) is 21.9. The number of esters is 1. The number of nitrogens with zero attached hydrogens (tertiary/aromatic N) is 1. The first-order valence-corrected chi connectivity index (χ1v) is 5.25. The first-order chi connectivity index (χ1) is 6.66. The Bertz CT molecular complexity index is 225. The number of allylic oxidation sites excluding steroid dienone is 1. The minimum atomic E-state index is -0.102. The molecular formula is C11H19NO2. The number of rotatable bonds is 3. The SMILES string of the molecule is C=C(C)N1CCCCC1C(=O)OCC. The van der Waals surface area contributed by atoms with Crippen LogP contribution in [0.4, 0.5) is 0 Å². The molecular weight excluding hydrogens is 178 g/mol.